The van der Waals surface area contributed by atoms with Gasteiger partial charge in [-0.25, -0.2) is 9.31 Å². The minimum atomic E-state index is -0.453. The third-order valence-corrected chi connectivity index (χ3v) is 6.41. The lowest BCUT2D eigenvalue weighted by atomic mass is 9.57. The van der Waals surface area contributed by atoms with Crippen molar-refractivity contribution in [3.63, 3.8) is 0 Å². The number of nitrogens with zero attached hydrogens (tertiary/aromatic N) is 3. The lowest BCUT2D eigenvalue weighted by Crippen LogP contribution is -2.51. The summed E-state index contributed by atoms with van der Waals surface area (Å²) in [4.78, 5) is 26.9. The highest BCUT2D eigenvalue weighted by molar-refractivity contribution is 6.01. The van der Waals surface area contributed by atoms with Gasteiger partial charge in [-0.2, -0.15) is 5.10 Å². The number of piperidine rings is 1. The molecule has 3 heterocycles. The Balaban J connectivity index is 1.25. The molecule has 1 spiro atoms. The van der Waals surface area contributed by atoms with Gasteiger partial charge in [0.2, 0.25) is 0 Å². The molecule has 1 aliphatic carbocycles. The second-order valence-electron chi connectivity index (χ2n) is 9.94. The fourth-order valence-electron chi connectivity index (χ4n) is 4.93. The summed E-state index contributed by atoms with van der Waals surface area (Å²) in [6.45, 7) is 9.78. The van der Waals surface area contributed by atoms with Crippen molar-refractivity contribution in [2.45, 2.75) is 59.0 Å². The summed E-state index contributed by atoms with van der Waals surface area (Å²) in [5, 5.41) is 7.54. The predicted octanol–water partition coefficient (Wildman–Crippen LogP) is 3.80. The van der Waals surface area contributed by atoms with Gasteiger partial charge in [-0.05, 0) is 76.8 Å². The van der Waals surface area contributed by atoms with Crippen LogP contribution in [0.15, 0.2) is 24.4 Å². The van der Waals surface area contributed by atoms with Gasteiger partial charge in [0.05, 0.1) is 16.8 Å². The summed E-state index contributed by atoms with van der Waals surface area (Å²) in [6, 6.07) is 5.75. The lowest BCUT2D eigenvalue weighted by Gasteiger charge is -2.52. The Morgan fingerprint density at radius 1 is 1.23 bits per heavy atom. The van der Waals surface area contributed by atoms with Crippen molar-refractivity contribution >= 4 is 17.5 Å². The SMILES string of the molecule is Cc1nn2ccccc2c1C(=O)NCC1CC2(CCN(C(=O)OC(C)(C)C)CC2)C1. The Bertz CT molecular complexity index is 943. The summed E-state index contributed by atoms with van der Waals surface area (Å²) in [5.41, 5.74) is 2.13. The van der Waals surface area contributed by atoms with E-state index in [0.717, 1.165) is 50.0 Å². The molecule has 1 N–H and O–H groups in total. The molecule has 0 atom stereocenters. The van der Waals surface area contributed by atoms with Crippen LogP contribution in [0.4, 0.5) is 4.79 Å². The van der Waals surface area contributed by atoms with Crippen molar-refractivity contribution in [2.24, 2.45) is 11.3 Å². The largest absolute Gasteiger partial charge is 0.444 e. The molecule has 0 bridgehead atoms. The van der Waals surface area contributed by atoms with Crippen molar-refractivity contribution in [3.8, 4) is 0 Å². The standard InChI is InChI=1S/C23H32N4O3/c1-16-19(18-7-5-6-10-27(18)25-16)20(28)24-15-17-13-23(14-17)8-11-26(12-9-23)21(29)30-22(2,3)4/h5-7,10,17H,8-9,11-15H2,1-4H3,(H,24,28). The van der Waals surface area contributed by atoms with Crippen LogP contribution in [0.5, 0.6) is 0 Å². The number of hydrogen-bond acceptors (Lipinski definition) is 4. The minimum Gasteiger partial charge on any atom is -0.444 e. The molecule has 2 aromatic rings. The third kappa shape index (κ3) is 4.16. The average molecular weight is 413 g/mol. The maximum atomic E-state index is 12.8. The monoisotopic (exact) mass is 412 g/mol. The molecular weight excluding hydrogens is 380 g/mol. The van der Waals surface area contributed by atoms with Gasteiger partial charge in [0, 0.05) is 25.8 Å². The van der Waals surface area contributed by atoms with E-state index in [0.29, 0.717) is 23.4 Å². The van der Waals surface area contributed by atoms with Gasteiger partial charge in [-0.3, -0.25) is 4.79 Å². The fourth-order valence-corrected chi connectivity index (χ4v) is 4.93. The Kier molecular flexibility index (Phi) is 5.24. The van der Waals surface area contributed by atoms with Gasteiger partial charge in [0.1, 0.15) is 5.60 Å². The van der Waals surface area contributed by atoms with Crippen LogP contribution in [-0.2, 0) is 4.74 Å². The third-order valence-electron chi connectivity index (χ3n) is 6.41. The average Bonchev–Trinajstić information content (AvgIpc) is 2.99. The van der Waals surface area contributed by atoms with Crippen LogP contribution in [0.3, 0.4) is 0 Å². The molecule has 2 fully saturated rings. The highest BCUT2D eigenvalue weighted by Gasteiger charge is 2.46. The maximum Gasteiger partial charge on any atom is 0.410 e. The van der Waals surface area contributed by atoms with Crippen LogP contribution < -0.4 is 5.32 Å². The van der Waals surface area contributed by atoms with Crippen LogP contribution in [0.2, 0.25) is 0 Å². The number of hydrogen-bond donors (Lipinski definition) is 1. The fraction of sp³-hybridized carbons (Fsp3) is 0.609. The van der Waals surface area contributed by atoms with Crippen molar-refractivity contribution in [2.75, 3.05) is 19.6 Å². The van der Waals surface area contributed by atoms with Crippen molar-refractivity contribution in [1.82, 2.24) is 19.8 Å². The summed E-state index contributed by atoms with van der Waals surface area (Å²) < 4.78 is 7.24. The molecule has 162 valence electrons. The molecule has 7 nitrogen and oxygen atoms in total. The van der Waals surface area contributed by atoms with Crippen LogP contribution in [0, 0.1) is 18.3 Å². The first-order chi connectivity index (χ1) is 14.2. The summed E-state index contributed by atoms with van der Waals surface area (Å²) in [6.07, 6.45) is 5.92. The van der Waals surface area contributed by atoms with E-state index in [1.165, 1.54) is 0 Å². The molecular formula is C23H32N4O3. The number of rotatable bonds is 3. The van der Waals surface area contributed by atoms with Crippen LogP contribution >= 0.6 is 0 Å². The summed E-state index contributed by atoms with van der Waals surface area (Å²) in [5.74, 6) is 0.457. The molecule has 0 unspecified atom stereocenters. The predicted molar refractivity (Wildman–Crippen MR) is 114 cm³/mol. The van der Waals surface area contributed by atoms with Crippen LogP contribution in [-0.4, -0.2) is 51.7 Å². The summed E-state index contributed by atoms with van der Waals surface area (Å²) >= 11 is 0. The topological polar surface area (TPSA) is 75.9 Å². The van der Waals surface area contributed by atoms with E-state index in [2.05, 4.69) is 10.4 Å². The molecule has 1 saturated heterocycles. The van der Waals surface area contributed by atoms with Crippen molar-refractivity contribution in [1.29, 1.82) is 0 Å². The van der Waals surface area contributed by atoms with E-state index < -0.39 is 5.60 Å². The van der Waals surface area contributed by atoms with Gasteiger partial charge >= 0.3 is 6.09 Å². The first kappa shape index (κ1) is 20.7. The number of aryl methyl sites for hydroxylation is 1. The van der Waals surface area contributed by atoms with E-state index >= 15 is 0 Å². The first-order valence-corrected chi connectivity index (χ1v) is 10.9. The maximum absolute atomic E-state index is 12.8. The van der Waals surface area contributed by atoms with Gasteiger partial charge in [0.15, 0.2) is 0 Å². The second-order valence-corrected chi connectivity index (χ2v) is 9.94. The number of carbonyl (C=O) groups is 2. The molecule has 0 aromatic carbocycles. The van der Waals surface area contributed by atoms with E-state index in [4.69, 9.17) is 4.74 Å². The van der Waals surface area contributed by atoms with Crippen LogP contribution in [0.1, 0.15) is 62.5 Å². The summed E-state index contributed by atoms with van der Waals surface area (Å²) in [7, 11) is 0. The molecule has 2 amide bonds. The molecule has 4 rings (SSSR count). The number of nitrogens with one attached hydrogen (secondary N) is 1. The number of likely N-dealkylation sites (tertiary alicyclic amines) is 1. The highest BCUT2D eigenvalue weighted by Crippen LogP contribution is 2.52. The molecule has 2 aromatic heterocycles. The number of ether oxygens (including phenoxy) is 1. The zero-order valence-corrected chi connectivity index (χ0v) is 18.4. The Morgan fingerprint density at radius 2 is 1.93 bits per heavy atom. The lowest BCUT2D eigenvalue weighted by molar-refractivity contribution is -0.0265. The second kappa shape index (κ2) is 7.60. The van der Waals surface area contributed by atoms with E-state index in [1.807, 2.05) is 57.0 Å². The molecule has 1 saturated carbocycles. The first-order valence-electron chi connectivity index (χ1n) is 10.9. The van der Waals surface area contributed by atoms with Gasteiger partial charge in [0.25, 0.3) is 5.91 Å². The Morgan fingerprint density at radius 3 is 2.60 bits per heavy atom. The molecule has 7 heteroatoms. The van der Waals surface area contributed by atoms with Crippen LogP contribution in [0.25, 0.3) is 5.52 Å². The normalized spacial score (nSPS) is 19.0. The quantitative estimate of drug-likeness (QED) is 0.832. The van der Waals surface area contributed by atoms with E-state index in [1.54, 1.807) is 4.52 Å². The zero-order chi connectivity index (χ0) is 21.5. The van der Waals surface area contributed by atoms with Gasteiger partial charge in [-0.15, -0.1) is 0 Å². The zero-order valence-electron chi connectivity index (χ0n) is 18.4. The number of fused-ring (bicyclic) bond motifs is 1. The minimum absolute atomic E-state index is 0.0469. The van der Waals surface area contributed by atoms with Crippen molar-refractivity contribution < 1.29 is 14.3 Å². The Hall–Kier alpha value is -2.57. The molecule has 0 radical (unpaired) electrons. The van der Waals surface area contributed by atoms with E-state index in [9.17, 15) is 9.59 Å². The molecule has 2 aliphatic rings. The van der Waals surface area contributed by atoms with Gasteiger partial charge < -0.3 is 15.0 Å². The number of amides is 2. The smallest absolute Gasteiger partial charge is 0.410 e. The number of pyridine rings is 1. The Labute approximate surface area is 177 Å². The molecule has 30 heavy (non-hydrogen) atoms. The van der Waals surface area contributed by atoms with E-state index in [-0.39, 0.29) is 12.0 Å². The highest BCUT2D eigenvalue weighted by atomic mass is 16.6. The van der Waals surface area contributed by atoms with Crippen molar-refractivity contribution in [3.05, 3.63) is 35.7 Å². The number of carbonyl (C=O) groups excluding carboxylic acids is 2. The van der Waals surface area contributed by atoms with Gasteiger partial charge in [-0.1, -0.05) is 6.07 Å². The number of aromatic nitrogens is 2. The molecule has 1 aliphatic heterocycles.